The lowest BCUT2D eigenvalue weighted by atomic mass is 9.78. The van der Waals surface area contributed by atoms with Crippen molar-refractivity contribution in [2.24, 2.45) is 5.92 Å². The molecule has 1 unspecified atom stereocenters. The SMILES string of the molecule is O=C(NCC1CCCO1)c1ccc(C(=O)N2CCC[C@@H]3CCCC[C@@H]32)cc1. The number of carbonyl (C=O) groups excluding carboxylic acids is 2. The third-order valence-corrected chi connectivity index (χ3v) is 6.41. The van der Waals surface area contributed by atoms with Crippen LogP contribution in [0.2, 0.25) is 0 Å². The van der Waals surface area contributed by atoms with Gasteiger partial charge in [0.2, 0.25) is 0 Å². The van der Waals surface area contributed by atoms with E-state index in [4.69, 9.17) is 4.74 Å². The van der Waals surface area contributed by atoms with Crippen LogP contribution < -0.4 is 5.32 Å². The zero-order valence-electron chi connectivity index (χ0n) is 16.0. The highest BCUT2D eigenvalue weighted by Crippen LogP contribution is 2.35. The van der Waals surface area contributed by atoms with Gasteiger partial charge in [-0.15, -0.1) is 0 Å². The molecule has 5 heteroatoms. The lowest BCUT2D eigenvalue weighted by Crippen LogP contribution is -2.49. The van der Waals surface area contributed by atoms with Crippen LogP contribution in [0.4, 0.5) is 0 Å². The number of benzene rings is 1. The first-order valence-corrected chi connectivity index (χ1v) is 10.5. The highest BCUT2D eigenvalue weighted by atomic mass is 16.5. The summed E-state index contributed by atoms with van der Waals surface area (Å²) < 4.78 is 5.54. The van der Waals surface area contributed by atoms with Crippen molar-refractivity contribution in [1.29, 1.82) is 0 Å². The number of nitrogens with one attached hydrogen (secondary N) is 1. The summed E-state index contributed by atoms with van der Waals surface area (Å²) in [4.78, 5) is 27.5. The number of hydrogen-bond acceptors (Lipinski definition) is 3. The van der Waals surface area contributed by atoms with Crippen molar-refractivity contribution < 1.29 is 14.3 Å². The van der Waals surface area contributed by atoms with Gasteiger partial charge in [-0.25, -0.2) is 0 Å². The Balaban J connectivity index is 1.37. The van der Waals surface area contributed by atoms with E-state index in [1.807, 2.05) is 0 Å². The Morgan fingerprint density at radius 2 is 1.70 bits per heavy atom. The minimum atomic E-state index is -0.102. The van der Waals surface area contributed by atoms with Crippen LogP contribution in [0.25, 0.3) is 0 Å². The number of piperidine rings is 1. The van der Waals surface area contributed by atoms with E-state index < -0.39 is 0 Å². The molecule has 0 bridgehead atoms. The average molecular weight is 370 g/mol. The molecule has 1 aliphatic carbocycles. The van der Waals surface area contributed by atoms with E-state index in [0.29, 0.717) is 29.6 Å². The lowest BCUT2D eigenvalue weighted by molar-refractivity contribution is 0.0390. The van der Waals surface area contributed by atoms with E-state index in [-0.39, 0.29) is 17.9 Å². The smallest absolute Gasteiger partial charge is 0.254 e. The van der Waals surface area contributed by atoms with Crippen LogP contribution in [0.3, 0.4) is 0 Å². The fourth-order valence-corrected chi connectivity index (χ4v) is 4.92. The highest BCUT2D eigenvalue weighted by Gasteiger charge is 2.35. The molecule has 2 aliphatic heterocycles. The molecule has 0 aromatic heterocycles. The van der Waals surface area contributed by atoms with Gasteiger partial charge in [0.05, 0.1) is 6.10 Å². The van der Waals surface area contributed by atoms with E-state index in [1.165, 1.54) is 25.7 Å². The number of rotatable bonds is 4. The third-order valence-electron chi connectivity index (χ3n) is 6.41. The number of likely N-dealkylation sites (tertiary alicyclic amines) is 1. The molecule has 3 aliphatic rings. The number of fused-ring (bicyclic) bond motifs is 1. The van der Waals surface area contributed by atoms with Crippen LogP contribution in [-0.4, -0.2) is 48.6 Å². The molecular formula is C22H30N2O3. The van der Waals surface area contributed by atoms with Gasteiger partial charge in [0, 0.05) is 36.9 Å². The van der Waals surface area contributed by atoms with Crippen molar-refractivity contribution in [3.05, 3.63) is 35.4 Å². The van der Waals surface area contributed by atoms with E-state index in [9.17, 15) is 9.59 Å². The second-order valence-electron chi connectivity index (χ2n) is 8.18. The fraction of sp³-hybridized carbons (Fsp3) is 0.636. The quantitative estimate of drug-likeness (QED) is 0.884. The van der Waals surface area contributed by atoms with Gasteiger partial charge >= 0.3 is 0 Å². The standard InChI is InChI=1S/C22H30N2O3/c25-21(23-15-19-7-4-14-27-19)17-9-11-18(12-10-17)22(26)24-13-3-6-16-5-1-2-8-20(16)24/h9-12,16,19-20H,1-8,13-15H2,(H,23,25)/t16-,19?,20-/m0/s1. The van der Waals surface area contributed by atoms with Gasteiger partial charge in [-0.3, -0.25) is 9.59 Å². The Bertz CT molecular complexity index is 665. The second kappa shape index (κ2) is 8.42. The molecule has 2 saturated heterocycles. The number of amides is 2. The minimum Gasteiger partial charge on any atom is -0.376 e. The van der Waals surface area contributed by atoms with Gasteiger partial charge in [-0.1, -0.05) is 12.8 Å². The third kappa shape index (κ3) is 4.18. The maximum absolute atomic E-state index is 13.0. The van der Waals surface area contributed by atoms with Crippen LogP contribution in [0, 0.1) is 5.92 Å². The topological polar surface area (TPSA) is 58.6 Å². The second-order valence-corrected chi connectivity index (χ2v) is 8.18. The van der Waals surface area contributed by atoms with E-state index in [1.54, 1.807) is 24.3 Å². The van der Waals surface area contributed by atoms with E-state index in [0.717, 1.165) is 38.8 Å². The molecule has 3 fully saturated rings. The first kappa shape index (κ1) is 18.5. The van der Waals surface area contributed by atoms with Crippen molar-refractivity contribution in [3.63, 3.8) is 0 Å². The molecule has 3 atom stereocenters. The zero-order chi connectivity index (χ0) is 18.6. The van der Waals surface area contributed by atoms with Crippen molar-refractivity contribution in [2.45, 2.75) is 63.5 Å². The Hall–Kier alpha value is -1.88. The molecule has 2 heterocycles. The predicted molar refractivity (Wildman–Crippen MR) is 104 cm³/mol. The predicted octanol–water partition coefficient (Wildman–Crippen LogP) is 3.39. The molecule has 27 heavy (non-hydrogen) atoms. The van der Waals surface area contributed by atoms with Gasteiger partial charge < -0.3 is 15.0 Å². The Labute approximate surface area is 161 Å². The molecule has 2 amide bonds. The minimum absolute atomic E-state index is 0.102. The molecule has 5 nitrogen and oxygen atoms in total. The summed E-state index contributed by atoms with van der Waals surface area (Å²) in [5.41, 5.74) is 1.29. The van der Waals surface area contributed by atoms with Crippen molar-refractivity contribution >= 4 is 11.8 Å². The van der Waals surface area contributed by atoms with Crippen LogP contribution in [0.1, 0.15) is 72.1 Å². The first-order chi connectivity index (χ1) is 13.2. The molecule has 1 aromatic carbocycles. The summed E-state index contributed by atoms with van der Waals surface area (Å²) in [7, 11) is 0. The van der Waals surface area contributed by atoms with Crippen molar-refractivity contribution in [2.75, 3.05) is 19.7 Å². The fourth-order valence-electron chi connectivity index (χ4n) is 4.92. The summed E-state index contributed by atoms with van der Waals surface area (Å²) in [6.45, 7) is 2.20. The number of carbonyl (C=O) groups is 2. The summed E-state index contributed by atoms with van der Waals surface area (Å²) >= 11 is 0. The summed E-state index contributed by atoms with van der Waals surface area (Å²) in [6, 6.07) is 7.54. The summed E-state index contributed by atoms with van der Waals surface area (Å²) in [5, 5.41) is 2.93. The van der Waals surface area contributed by atoms with Crippen molar-refractivity contribution in [1.82, 2.24) is 10.2 Å². The summed E-state index contributed by atoms with van der Waals surface area (Å²) in [5.74, 6) is 0.701. The molecule has 0 spiro atoms. The molecule has 0 radical (unpaired) electrons. The van der Waals surface area contributed by atoms with E-state index >= 15 is 0 Å². The van der Waals surface area contributed by atoms with Gasteiger partial charge in [-0.2, -0.15) is 0 Å². The maximum Gasteiger partial charge on any atom is 0.254 e. The van der Waals surface area contributed by atoms with Gasteiger partial charge in [0.1, 0.15) is 0 Å². The van der Waals surface area contributed by atoms with Gasteiger partial charge in [0.25, 0.3) is 11.8 Å². The maximum atomic E-state index is 13.0. The zero-order valence-corrected chi connectivity index (χ0v) is 16.0. The molecule has 146 valence electrons. The van der Waals surface area contributed by atoms with Crippen LogP contribution in [0.5, 0.6) is 0 Å². The molecule has 1 aromatic rings. The highest BCUT2D eigenvalue weighted by molar-refractivity contribution is 5.98. The number of nitrogens with zero attached hydrogens (tertiary/aromatic N) is 1. The van der Waals surface area contributed by atoms with Crippen LogP contribution in [-0.2, 0) is 4.74 Å². The molecule has 1 saturated carbocycles. The largest absolute Gasteiger partial charge is 0.376 e. The van der Waals surface area contributed by atoms with Gasteiger partial charge in [0.15, 0.2) is 0 Å². The lowest BCUT2D eigenvalue weighted by Gasteiger charge is -2.44. The van der Waals surface area contributed by atoms with Crippen molar-refractivity contribution in [3.8, 4) is 0 Å². The monoisotopic (exact) mass is 370 g/mol. The van der Waals surface area contributed by atoms with Crippen LogP contribution in [0.15, 0.2) is 24.3 Å². The first-order valence-electron chi connectivity index (χ1n) is 10.5. The molecule has 4 rings (SSSR count). The number of hydrogen-bond donors (Lipinski definition) is 1. The molecular weight excluding hydrogens is 340 g/mol. The average Bonchev–Trinajstić information content (AvgIpc) is 3.25. The molecule has 1 N–H and O–H groups in total. The normalized spacial score (nSPS) is 27.9. The number of ether oxygens (including phenoxy) is 1. The van der Waals surface area contributed by atoms with E-state index in [2.05, 4.69) is 10.2 Å². The Kier molecular flexibility index (Phi) is 5.77. The van der Waals surface area contributed by atoms with Crippen LogP contribution >= 0.6 is 0 Å². The Morgan fingerprint density at radius 3 is 2.48 bits per heavy atom. The van der Waals surface area contributed by atoms with Gasteiger partial charge in [-0.05, 0) is 68.7 Å². The summed E-state index contributed by atoms with van der Waals surface area (Å²) in [6.07, 6.45) is 9.51. The Morgan fingerprint density at radius 1 is 0.963 bits per heavy atom.